The molecule has 0 radical (unpaired) electrons. The largest absolute Gasteiger partial charge is 0.461 e. The first kappa shape index (κ1) is 13.9. The van der Waals surface area contributed by atoms with Crippen LogP contribution in [0.5, 0.6) is 0 Å². The van der Waals surface area contributed by atoms with E-state index in [0.717, 1.165) is 6.54 Å². The van der Waals surface area contributed by atoms with Crippen LogP contribution in [0.25, 0.3) is 0 Å². The molecule has 1 aromatic heterocycles. The lowest BCUT2D eigenvalue weighted by Crippen LogP contribution is -2.34. The van der Waals surface area contributed by atoms with Crippen LogP contribution in [-0.4, -0.2) is 46.2 Å². The molecule has 1 atom stereocenters. The van der Waals surface area contributed by atoms with Crippen LogP contribution in [0.2, 0.25) is 0 Å². The molecule has 1 aliphatic rings. The molecule has 1 aliphatic carbocycles. The van der Waals surface area contributed by atoms with Crippen LogP contribution in [0.15, 0.2) is 6.33 Å². The molecule has 0 spiro atoms. The van der Waals surface area contributed by atoms with E-state index in [4.69, 9.17) is 10.5 Å². The Balaban J connectivity index is 2.02. The minimum atomic E-state index is -0.457. The van der Waals surface area contributed by atoms with Crippen molar-refractivity contribution in [3.05, 3.63) is 12.0 Å². The quantitative estimate of drug-likeness (QED) is 0.781. The molecule has 6 heteroatoms. The third-order valence-corrected chi connectivity index (χ3v) is 3.63. The van der Waals surface area contributed by atoms with Crippen LogP contribution in [-0.2, 0) is 11.3 Å². The SMILES string of the molecule is CCOC(=O)c1ncn(CC(C)N(C)C2CC2)c1N. The van der Waals surface area contributed by atoms with Gasteiger partial charge in [-0.3, -0.25) is 4.90 Å². The summed E-state index contributed by atoms with van der Waals surface area (Å²) in [7, 11) is 2.13. The topological polar surface area (TPSA) is 73.4 Å². The summed E-state index contributed by atoms with van der Waals surface area (Å²) in [5, 5.41) is 0. The lowest BCUT2D eigenvalue weighted by atomic mass is 10.3. The molecular formula is C13H22N4O2. The minimum absolute atomic E-state index is 0.211. The maximum absolute atomic E-state index is 11.6. The van der Waals surface area contributed by atoms with Crippen LogP contribution in [0.1, 0.15) is 37.2 Å². The van der Waals surface area contributed by atoms with Crippen molar-refractivity contribution in [3.8, 4) is 0 Å². The van der Waals surface area contributed by atoms with E-state index < -0.39 is 5.97 Å². The van der Waals surface area contributed by atoms with Crippen molar-refractivity contribution in [2.24, 2.45) is 0 Å². The van der Waals surface area contributed by atoms with Gasteiger partial charge in [0.15, 0.2) is 5.69 Å². The van der Waals surface area contributed by atoms with Gasteiger partial charge in [-0.1, -0.05) is 0 Å². The number of nitrogens with two attached hydrogens (primary N) is 1. The number of nitrogen functional groups attached to an aromatic ring is 1. The highest BCUT2D eigenvalue weighted by Gasteiger charge is 2.29. The van der Waals surface area contributed by atoms with Crippen LogP contribution in [0, 0.1) is 0 Å². The van der Waals surface area contributed by atoms with Gasteiger partial charge in [0.25, 0.3) is 0 Å². The molecule has 1 aromatic rings. The Labute approximate surface area is 113 Å². The van der Waals surface area contributed by atoms with Crippen molar-refractivity contribution in [1.82, 2.24) is 14.5 Å². The third kappa shape index (κ3) is 3.07. The van der Waals surface area contributed by atoms with Gasteiger partial charge >= 0.3 is 5.97 Å². The zero-order valence-electron chi connectivity index (χ0n) is 11.8. The van der Waals surface area contributed by atoms with Crippen LogP contribution in [0.3, 0.4) is 0 Å². The highest BCUT2D eigenvalue weighted by molar-refractivity contribution is 5.92. The number of anilines is 1. The molecule has 1 unspecified atom stereocenters. The highest BCUT2D eigenvalue weighted by Crippen LogP contribution is 2.27. The first-order valence-corrected chi connectivity index (χ1v) is 6.74. The van der Waals surface area contributed by atoms with E-state index >= 15 is 0 Å². The number of ether oxygens (including phenoxy) is 1. The van der Waals surface area contributed by atoms with Gasteiger partial charge in [-0.15, -0.1) is 0 Å². The molecule has 6 nitrogen and oxygen atoms in total. The fourth-order valence-corrected chi connectivity index (χ4v) is 2.15. The average molecular weight is 266 g/mol. The molecule has 0 amide bonds. The molecule has 1 saturated carbocycles. The lowest BCUT2D eigenvalue weighted by Gasteiger charge is -2.25. The molecule has 106 valence electrons. The third-order valence-electron chi connectivity index (χ3n) is 3.63. The molecule has 0 aliphatic heterocycles. The molecule has 2 N–H and O–H groups in total. The number of imidazole rings is 1. The van der Waals surface area contributed by atoms with E-state index in [1.807, 2.05) is 4.57 Å². The summed E-state index contributed by atoms with van der Waals surface area (Å²) in [5.74, 6) is -0.0727. The summed E-state index contributed by atoms with van der Waals surface area (Å²) < 4.78 is 6.73. The van der Waals surface area contributed by atoms with E-state index in [1.165, 1.54) is 12.8 Å². The Morgan fingerprint density at radius 2 is 2.37 bits per heavy atom. The number of carbonyl (C=O) groups excluding carboxylic acids is 1. The number of hydrogen-bond acceptors (Lipinski definition) is 5. The number of nitrogens with zero attached hydrogens (tertiary/aromatic N) is 3. The molecule has 1 heterocycles. The van der Waals surface area contributed by atoms with E-state index in [0.29, 0.717) is 24.5 Å². The monoisotopic (exact) mass is 266 g/mol. The number of carbonyl (C=O) groups is 1. The van der Waals surface area contributed by atoms with Gasteiger partial charge in [-0.05, 0) is 33.7 Å². The Morgan fingerprint density at radius 3 is 2.95 bits per heavy atom. The summed E-state index contributed by atoms with van der Waals surface area (Å²) >= 11 is 0. The molecule has 0 aromatic carbocycles. The Kier molecular flexibility index (Phi) is 4.09. The highest BCUT2D eigenvalue weighted by atomic mass is 16.5. The summed E-state index contributed by atoms with van der Waals surface area (Å²) in [5.41, 5.74) is 6.17. The number of likely N-dealkylation sites (N-methyl/N-ethyl adjacent to an activating group) is 1. The standard InChI is InChI=1S/C13H22N4O2/c1-4-19-13(18)11-12(14)17(8-15-11)7-9(2)16(3)10-5-6-10/h8-10H,4-7,14H2,1-3H3. The summed E-state index contributed by atoms with van der Waals surface area (Å²) in [6.45, 7) is 4.97. The molecule has 0 bridgehead atoms. The number of hydrogen-bond donors (Lipinski definition) is 1. The van der Waals surface area contributed by atoms with Crippen LogP contribution in [0.4, 0.5) is 5.82 Å². The van der Waals surface area contributed by atoms with Crippen LogP contribution >= 0.6 is 0 Å². The second-order valence-electron chi connectivity index (χ2n) is 5.10. The smallest absolute Gasteiger partial charge is 0.360 e. The van der Waals surface area contributed by atoms with E-state index in [2.05, 4.69) is 23.9 Å². The van der Waals surface area contributed by atoms with Crippen molar-refractivity contribution in [3.63, 3.8) is 0 Å². The van der Waals surface area contributed by atoms with E-state index in [-0.39, 0.29) is 5.69 Å². The van der Waals surface area contributed by atoms with Gasteiger partial charge in [-0.25, -0.2) is 9.78 Å². The van der Waals surface area contributed by atoms with Crippen molar-refractivity contribution < 1.29 is 9.53 Å². The maximum Gasteiger partial charge on any atom is 0.360 e. The van der Waals surface area contributed by atoms with Gasteiger partial charge in [0.1, 0.15) is 5.82 Å². The Bertz CT molecular complexity index is 453. The van der Waals surface area contributed by atoms with Crippen LogP contribution < -0.4 is 5.73 Å². The normalized spacial score (nSPS) is 16.6. The van der Waals surface area contributed by atoms with Crippen molar-refractivity contribution in [1.29, 1.82) is 0 Å². The predicted octanol–water partition coefficient (Wildman–Crippen LogP) is 1.12. The van der Waals surface area contributed by atoms with Crippen molar-refractivity contribution in [2.45, 2.75) is 45.3 Å². The molecule has 1 fully saturated rings. The van der Waals surface area contributed by atoms with Gasteiger partial charge in [0.2, 0.25) is 0 Å². The summed E-state index contributed by atoms with van der Waals surface area (Å²) in [6.07, 6.45) is 4.15. The van der Waals surface area contributed by atoms with Gasteiger partial charge in [0.05, 0.1) is 12.9 Å². The van der Waals surface area contributed by atoms with E-state index in [9.17, 15) is 4.79 Å². The van der Waals surface area contributed by atoms with Crippen molar-refractivity contribution in [2.75, 3.05) is 19.4 Å². The zero-order chi connectivity index (χ0) is 14.0. The average Bonchev–Trinajstić information content (AvgIpc) is 3.15. The molecular weight excluding hydrogens is 244 g/mol. The molecule has 19 heavy (non-hydrogen) atoms. The molecule has 2 rings (SSSR count). The van der Waals surface area contributed by atoms with Crippen molar-refractivity contribution >= 4 is 11.8 Å². The van der Waals surface area contributed by atoms with E-state index in [1.54, 1.807) is 13.3 Å². The summed E-state index contributed by atoms with van der Waals surface area (Å²) in [4.78, 5) is 18.0. The Hall–Kier alpha value is -1.56. The number of esters is 1. The second kappa shape index (κ2) is 5.61. The summed E-state index contributed by atoms with van der Waals surface area (Å²) in [6, 6.07) is 1.06. The fraction of sp³-hybridized carbons (Fsp3) is 0.692. The minimum Gasteiger partial charge on any atom is -0.461 e. The van der Waals surface area contributed by atoms with Gasteiger partial charge < -0.3 is 15.0 Å². The fourth-order valence-electron chi connectivity index (χ4n) is 2.15. The first-order valence-electron chi connectivity index (χ1n) is 6.74. The number of aromatic nitrogens is 2. The second-order valence-corrected chi connectivity index (χ2v) is 5.10. The lowest BCUT2D eigenvalue weighted by molar-refractivity contribution is 0.0521. The van der Waals surface area contributed by atoms with Gasteiger partial charge in [-0.2, -0.15) is 0 Å². The Morgan fingerprint density at radius 1 is 1.68 bits per heavy atom. The zero-order valence-corrected chi connectivity index (χ0v) is 11.8. The van der Waals surface area contributed by atoms with Gasteiger partial charge in [0, 0.05) is 18.6 Å². The maximum atomic E-state index is 11.6. The first-order chi connectivity index (χ1) is 9.04. The molecule has 0 saturated heterocycles. The predicted molar refractivity (Wildman–Crippen MR) is 72.8 cm³/mol. The number of rotatable bonds is 6.